The maximum absolute atomic E-state index is 12.5. The van der Waals surface area contributed by atoms with E-state index < -0.39 is 0 Å². The summed E-state index contributed by atoms with van der Waals surface area (Å²) in [6.45, 7) is 8.59. The van der Waals surface area contributed by atoms with Gasteiger partial charge in [0.2, 0.25) is 11.8 Å². The third-order valence-corrected chi connectivity index (χ3v) is 6.20. The van der Waals surface area contributed by atoms with Gasteiger partial charge in [0.15, 0.2) is 5.16 Å². The molecule has 32 heavy (non-hydrogen) atoms. The second-order valence-electron chi connectivity index (χ2n) is 7.66. The maximum atomic E-state index is 12.5. The molecular weight excluding hydrogens is 422 g/mol. The first-order valence-corrected chi connectivity index (χ1v) is 11.6. The summed E-state index contributed by atoms with van der Waals surface area (Å²) in [5, 5.41) is 14.9. The molecule has 7 nitrogen and oxygen atoms in total. The second kappa shape index (κ2) is 10.9. The summed E-state index contributed by atoms with van der Waals surface area (Å²) in [7, 11) is 0. The Hall–Kier alpha value is -3.13. The molecule has 0 unspecified atom stereocenters. The zero-order valence-electron chi connectivity index (χ0n) is 18.9. The number of aryl methyl sites for hydroxylation is 2. The fraction of sp³-hybridized carbons (Fsp3) is 0.333. The largest absolute Gasteiger partial charge is 0.349 e. The van der Waals surface area contributed by atoms with E-state index in [1.807, 2.05) is 80.8 Å². The molecule has 0 aliphatic heterocycles. The number of nitrogens with one attached hydrogen (secondary N) is 2. The standard InChI is InChI=1S/C24H29N5O2S/c1-5-29-21(14-22(30)26-20-12-11-16(2)17(3)13-20)27-28-24(29)32-15-23(31)25-18(4)19-9-7-6-8-10-19/h6-13,18H,5,14-15H2,1-4H3,(H,25,31)(H,26,30)/t18-/m0/s1. The van der Waals surface area contributed by atoms with Crippen molar-refractivity contribution >= 4 is 29.3 Å². The summed E-state index contributed by atoms with van der Waals surface area (Å²) in [5.41, 5.74) is 4.12. The van der Waals surface area contributed by atoms with E-state index in [9.17, 15) is 9.59 Å². The number of carbonyl (C=O) groups excluding carboxylic acids is 2. The van der Waals surface area contributed by atoms with E-state index >= 15 is 0 Å². The average molecular weight is 452 g/mol. The monoisotopic (exact) mass is 451 g/mol. The van der Waals surface area contributed by atoms with Gasteiger partial charge in [-0.25, -0.2) is 0 Å². The van der Waals surface area contributed by atoms with Gasteiger partial charge in [-0.1, -0.05) is 48.2 Å². The molecule has 1 atom stereocenters. The summed E-state index contributed by atoms with van der Waals surface area (Å²) in [6, 6.07) is 15.6. The van der Waals surface area contributed by atoms with Crippen molar-refractivity contribution in [3.8, 4) is 0 Å². The fourth-order valence-corrected chi connectivity index (χ4v) is 4.11. The fourth-order valence-electron chi connectivity index (χ4n) is 3.28. The minimum Gasteiger partial charge on any atom is -0.349 e. The predicted molar refractivity (Wildman–Crippen MR) is 128 cm³/mol. The zero-order valence-corrected chi connectivity index (χ0v) is 19.7. The molecular formula is C24H29N5O2S. The normalized spacial score (nSPS) is 11.8. The first kappa shape index (κ1) is 23.5. The minimum absolute atomic E-state index is 0.0713. The van der Waals surface area contributed by atoms with Crippen LogP contribution in [-0.4, -0.2) is 32.3 Å². The molecule has 0 aliphatic rings. The number of hydrogen-bond acceptors (Lipinski definition) is 5. The van der Waals surface area contributed by atoms with E-state index in [0.29, 0.717) is 17.5 Å². The lowest BCUT2D eigenvalue weighted by atomic mass is 10.1. The highest BCUT2D eigenvalue weighted by Gasteiger charge is 2.17. The molecule has 0 spiro atoms. The van der Waals surface area contributed by atoms with Crippen LogP contribution in [0.15, 0.2) is 53.7 Å². The number of rotatable bonds is 9. The van der Waals surface area contributed by atoms with Crippen LogP contribution in [0.2, 0.25) is 0 Å². The Morgan fingerprint density at radius 2 is 1.78 bits per heavy atom. The lowest BCUT2D eigenvalue weighted by Gasteiger charge is -2.14. The quantitative estimate of drug-likeness (QED) is 0.479. The summed E-state index contributed by atoms with van der Waals surface area (Å²) in [4.78, 5) is 24.9. The van der Waals surface area contributed by atoms with Gasteiger partial charge in [-0.05, 0) is 56.5 Å². The molecule has 0 saturated heterocycles. The van der Waals surface area contributed by atoms with Gasteiger partial charge in [0.1, 0.15) is 5.82 Å². The van der Waals surface area contributed by atoms with E-state index in [-0.39, 0.29) is 30.0 Å². The van der Waals surface area contributed by atoms with Crippen molar-refractivity contribution in [1.29, 1.82) is 0 Å². The van der Waals surface area contributed by atoms with Crippen molar-refractivity contribution in [1.82, 2.24) is 20.1 Å². The van der Waals surface area contributed by atoms with Gasteiger partial charge in [-0.2, -0.15) is 0 Å². The summed E-state index contributed by atoms with van der Waals surface area (Å²) in [5.74, 6) is 0.575. The van der Waals surface area contributed by atoms with Gasteiger partial charge in [0, 0.05) is 12.2 Å². The van der Waals surface area contributed by atoms with Gasteiger partial charge >= 0.3 is 0 Å². The summed E-state index contributed by atoms with van der Waals surface area (Å²) in [6.07, 6.45) is 0.117. The molecule has 8 heteroatoms. The number of thioether (sulfide) groups is 1. The maximum Gasteiger partial charge on any atom is 0.232 e. The van der Waals surface area contributed by atoms with Crippen LogP contribution < -0.4 is 10.6 Å². The van der Waals surface area contributed by atoms with E-state index in [1.165, 1.54) is 17.3 Å². The van der Waals surface area contributed by atoms with Crippen LogP contribution in [-0.2, 0) is 22.6 Å². The summed E-state index contributed by atoms with van der Waals surface area (Å²) < 4.78 is 1.87. The third-order valence-electron chi connectivity index (χ3n) is 5.23. The zero-order chi connectivity index (χ0) is 23.1. The smallest absolute Gasteiger partial charge is 0.232 e. The molecule has 2 amide bonds. The van der Waals surface area contributed by atoms with Crippen LogP contribution in [0.3, 0.4) is 0 Å². The van der Waals surface area contributed by atoms with Crippen LogP contribution in [0, 0.1) is 13.8 Å². The van der Waals surface area contributed by atoms with Crippen molar-refractivity contribution in [2.75, 3.05) is 11.1 Å². The Labute approximate surface area is 193 Å². The highest BCUT2D eigenvalue weighted by Crippen LogP contribution is 2.19. The first-order valence-electron chi connectivity index (χ1n) is 10.6. The molecule has 3 aromatic rings. The Balaban J connectivity index is 1.56. The third kappa shape index (κ3) is 6.20. The van der Waals surface area contributed by atoms with Crippen LogP contribution in [0.4, 0.5) is 5.69 Å². The van der Waals surface area contributed by atoms with Gasteiger partial charge in [0.05, 0.1) is 18.2 Å². The molecule has 3 rings (SSSR count). The Kier molecular flexibility index (Phi) is 8.05. The lowest BCUT2D eigenvalue weighted by molar-refractivity contribution is -0.119. The molecule has 0 fully saturated rings. The molecule has 0 bridgehead atoms. The van der Waals surface area contributed by atoms with Crippen molar-refractivity contribution in [3.63, 3.8) is 0 Å². The Morgan fingerprint density at radius 3 is 2.47 bits per heavy atom. The second-order valence-corrected chi connectivity index (χ2v) is 8.60. The molecule has 2 N–H and O–H groups in total. The molecule has 0 aliphatic carbocycles. The SMILES string of the molecule is CCn1c(CC(=O)Nc2ccc(C)c(C)c2)nnc1SCC(=O)N[C@@H](C)c1ccccc1. The number of benzene rings is 2. The van der Waals surface area contributed by atoms with Crippen LogP contribution in [0.5, 0.6) is 0 Å². The van der Waals surface area contributed by atoms with Gasteiger partial charge in [-0.3, -0.25) is 9.59 Å². The topological polar surface area (TPSA) is 88.9 Å². The van der Waals surface area contributed by atoms with E-state index in [4.69, 9.17) is 0 Å². The number of anilines is 1. The van der Waals surface area contributed by atoms with Crippen molar-refractivity contribution in [2.45, 2.75) is 51.9 Å². The highest BCUT2D eigenvalue weighted by molar-refractivity contribution is 7.99. The first-order chi connectivity index (χ1) is 15.4. The minimum atomic E-state index is -0.152. The number of aromatic nitrogens is 3. The molecule has 0 saturated carbocycles. The number of hydrogen-bond donors (Lipinski definition) is 2. The van der Waals surface area contributed by atoms with E-state index in [0.717, 1.165) is 16.8 Å². The van der Waals surface area contributed by atoms with Crippen molar-refractivity contribution < 1.29 is 9.59 Å². The summed E-state index contributed by atoms with van der Waals surface area (Å²) >= 11 is 1.32. The van der Waals surface area contributed by atoms with Crippen LogP contribution >= 0.6 is 11.8 Å². The van der Waals surface area contributed by atoms with Gasteiger partial charge in [0.25, 0.3) is 0 Å². The van der Waals surface area contributed by atoms with Gasteiger partial charge < -0.3 is 15.2 Å². The highest BCUT2D eigenvalue weighted by atomic mass is 32.2. The lowest BCUT2D eigenvalue weighted by Crippen LogP contribution is -2.28. The number of amides is 2. The molecule has 168 valence electrons. The molecule has 2 aromatic carbocycles. The number of nitrogens with zero attached hydrogens (tertiary/aromatic N) is 3. The number of carbonyl (C=O) groups is 2. The molecule has 1 heterocycles. The molecule has 1 aromatic heterocycles. The average Bonchev–Trinajstić information content (AvgIpc) is 3.16. The van der Waals surface area contributed by atoms with Gasteiger partial charge in [-0.15, -0.1) is 10.2 Å². The van der Waals surface area contributed by atoms with Crippen molar-refractivity contribution in [3.05, 3.63) is 71.0 Å². The van der Waals surface area contributed by atoms with Crippen LogP contribution in [0.1, 0.15) is 42.4 Å². The molecule has 0 radical (unpaired) electrons. The van der Waals surface area contributed by atoms with E-state index in [1.54, 1.807) is 0 Å². The Bertz CT molecular complexity index is 1080. The van der Waals surface area contributed by atoms with E-state index in [2.05, 4.69) is 20.8 Å². The van der Waals surface area contributed by atoms with Crippen LogP contribution in [0.25, 0.3) is 0 Å². The Morgan fingerprint density at radius 1 is 1.03 bits per heavy atom. The predicted octanol–water partition coefficient (Wildman–Crippen LogP) is 4.07. The van der Waals surface area contributed by atoms with Crippen molar-refractivity contribution in [2.24, 2.45) is 0 Å².